The van der Waals surface area contributed by atoms with Gasteiger partial charge in [0, 0.05) is 13.1 Å². The standard InChI is InChI=1S/C5H11N3O4S/c6-5(4(9)10)1-2-8(3-5)13(7,11)12/h1-3,6H2,(H,9,10)(H2,7,11,12). The van der Waals surface area contributed by atoms with Crippen LogP contribution >= 0.6 is 0 Å². The molecule has 5 N–H and O–H groups in total. The first-order valence-electron chi connectivity index (χ1n) is 3.56. The zero-order valence-corrected chi connectivity index (χ0v) is 7.62. The van der Waals surface area contributed by atoms with Gasteiger partial charge in [-0.3, -0.25) is 4.79 Å². The lowest BCUT2D eigenvalue weighted by Gasteiger charge is -2.17. The van der Waals surface area contributed by atoms with E-state index in [1.54, 1.807) is 0 Å². The highest BCUT2D eigenvalue weighted by Crippen LogP contribution is 2.20. The quantitative estimate of drug-likeness (QED) is 0.470. The second-order valence-electron chi connectivity index (χ2n) is 3.09. The van der Waals surface area contributed by atoms with E-state index >= 15 is 0 Å². The second kappa shape index (κ2) is 2.91. The Balaban J connectivity index is 2.81. The van der Waals surface area contributed by atoms with Gasteiger partial charge in [-0.1, -0.05) is 0 Å². The third kappa shape index (κ3) is 1.97. The predicted molar refractivity (Wildman–Crippen MR) is 43.9 cm³/mol. The fourth-order valence-corrected chi connectivity index (χ4v) is 1.94. The Kier molecular flexibility index (Phi) is 2.32. The van der Waals surface area contributed by atoms with Crippen molar-refractivity contribution < 1.29 is 18.3 Å². The van der Waals surface area contributed by atoms with Crippen molar-refractivity contribution in [3.05, 3.63) is 0 Å². The Morgan fingerprint density at radius 1 is 1.54 bits per heavy atom. The van der Waals surface area contributed by atoms with Crippen molar-refractivity contribution in [1.29, 1.82) is 0 Å². The van der Waals surface area contributed by atoms with Gasteiger partial charge in [0.05, 0.1) is 0 Å². The van der Waals surface area contributed by atoms with E-state index in [9.17, 15) is 13.2 Å². The highest BCUT2D eigenvalue weighted by Gasteiger charge is 2.44. The maximum Gasteiger partial charge on any atom is 0.325 e. The van der Waals surface area contributed by atoms with Crippen molar-refractivity contribution in [3.63, 3.8) is 0 Å². The molecular formula is C5H11N3O4S. The smallest absolute Gasteiger partial charge is 0.325 e. The summed E-state index contributed by atoms with van der Waals surface area (Å²) in [6.45, 7) is -0.206. The van der Waals surface area contributed by atoms with E-state index in [-0.39, 0.29) is 19.5 Å². The van der Waals surface area contributed by atoms with Crippen molar-refractivity contribution in [2.75, 3.05) is 13.1 Å². The van der Waals surface area contributed by atoms with Crippen LogP contribution in [0.4, 0.5) is 0 Å². The van der Waals surface area contributed by atoms with Gasteiger partial charge in [-0.25, -0.2) is 5.14 Å². The molecule has 1 heterocycles. The van der Waals surface area contributed by atoms with Crippen LogP contribution in [0.2, 0.25) is 0 Å². The van der Waals surface area contributed by atoms with E-state index < -0.39 is 21.7 Å². The molecule has 1 aliphatic rings. The number of carbonyl (C=O) groups is 1. The van der Waals surface area contributed by atoms with Crippen LogP contribution in [-0.2, 0) is 15.0 Å². The minimum atomic E-state index is -3.82. The molecule has 0 aromatic rings. The fraction of sp³-hybridized carbons (Fsp3) is 0.800. The van der Waals surface area contributed by atoms with Crippen molar-refractivity contribution in [2.45, 2.75) is 12.0 Å². The molecule has 0 saturated carbocycles. The number of hydrogen-bond acceptors (Lipinski definition) is 4. The summed E-state index contributed by atoms with van der Waals surface area (Å²) >= 11 is 0. The van der Waals surface area contributed by atoms with Crippen LogP contribution in [0.5, 0.6) is 0 Å². The molecule has 7 nitrogen and oxygen atoms in total. The van der Waals surface area contributed by atoms with Crippen LogP contribution in [0.1, 0.15) is 6.42 Å². The third-order valence-corrected chi connectivity index (χ3v) is 3.08. The van der Waals surface area contributed by atoms with E-state index in [2.05, 4.69) is 0 Å². The minimum Gasteiger partial charge on any atom is -0.480 e. The molecule has 1 rings (SSSR count). The van der Waals surface area contributed by atoms with Crippen molar-refractivity contribution in [1.82, 2.24) is 4.31 Å². The summed E-state index contributed by atoms with van der Waals surface area (Å²) in [6.07, 6.45) is 0.0821. The lowest BCUT2D eigenvalue weighted by molar-refractivity contribution is -0.142. The average molecular weight is 209 g/mol. The maximum absolute atomic E-state index is 10.8. The van der Waals surface area contributed by atoms with Crippen molar-refractivity contribution >= 4 is 16.2 Å². The monoisotopic (exact) mass is 209 g/mol. The van der Waals surface area contributed by atoms with Gasteiger partial charge in [0.2, 0.25) is 0 Å². The minimum absolute atomic E-state index is 0.0572. The molecule has 1 atom stereocenters. The van der Waals surface area contributed by atoms with Gasteiger partial charge in [-0.2, -0.15) is 12.7 Å². The molecule has 1 fully saturated rings. The first-order chi connectivity index (χ1) is 5.76. The Morgan fingerprint density at radius 2 is 2.08 bits per heavy atom. The molecule has 0 bridgehead atoms. The molecule has 0 aromatic heterocycles. The van der Waals surface area contributed by atoms with E-state index in [0.717, 1.165) is 4.31 Å². The topological polar surface area (TPSA) is 127 Å². The summed E-state index contributed by atoms with van der Waals surface area (Å²) in [7, 11) is -3.82. The molecule has 8 heteroatoms. The average Bonchev–Trinajstić information content (AvgIpc) is 2.31. The summed E-state index contributed by atoms with van der Waals surface area (Å²) < 4.78 is 22.5. The Labute approximate surface area is 75.5 Å². The fourth-order valence-electron chi connectivity index (χ4n) is 1.19. The van der Waals surface area contributed by atoms with Gasteiger partial charge in [0.1, 0.15) is 5.54 Å². The second-order valence-corrected chi connectivity index (χ2v) is 4.64. The molecule has 1 saturated heterocycles. The maximum atomic E-state index is 10.8. The molecule has 1 aliphatic heterocycles. The molecule has 1 unspecified atom stereocenters. The van der Waals surface area contributed by atoms with Gasteiger partial charge < -0.3 is 10.8 Å². The third-order valence-electron chi connectivity index (χ3n) is 2.05. The number of carboxylic acids is 1. The molecule has 0 amide bonds. The SMILES string of the molecule is NC1(C(=O)O)CCN(S(N)(=O)=O)C1. The molecule has 0 spiro atoms. The lowest BCUT2D eigenvalue weighted by Crippen LogP contribution is -2.51. The van der Waals surface area contributed by atoms with Crippen LogP contribution in [0, 0.1) is 0 Å². The predicted octanol–water partition coefficient (Wildman–Crippen LogP) is -2.32. The first kappa shape index (κ1) is 10.4. The van der Waals surface area contributed by atoms with Crippen LogP contribution in [-0.4, -0.2) is 42.4 Å². The molecule has 13 heavy (non-hydrogen) atoms. The van der Waals surface area contributed by atoms with Crippen LogP contribution in [0.15, 0.2) is 0 Å². The van der Waals surface area contributed by atoms with Gasteiger partial charge in [-0.05, 0) is 6.42 Å². The van der Waals surface area contributed by atoms with Gasteiger partial charge in [0.25, 0.3) is 10.2 Å². The van der Waals surface area contributed by atoms with Gasteiger partial charge in [0.15, 0.2) is 0 Å². The molecule has 0 aromatic carbocycles. The summed E-state index contributed by atoms with van der Waals surface area (Å²) in [5.41, 5.74) is 3.93. The van der Waals surface area contributed by atoms with E-state index in [0.29, 0.717) is 0 Å². The van der Waals surface area contributed by atoms with Crippen LogP contribution in [0.25, 0.3) is 0 Å². The Bertz CT molecular complexity index is 327. The Hall–Kier alpha value is -0.700. The highest BCUT2D eigenvalue weighted by molar-refractivity contribution is 7.86. The first-order valence-corrected chi connectivity index (χ1v) is 5.06. The van der Waals surface area contributed by atoms with Crippen molar-refractivity contribution in [3.8, 4) is 0 Å². The molecule has 0 aliphatic carbocycles. The van der Waals surface area contributed by atoms with E-state index in [1.165, 1.54) is 0 Å². The van der Waals surface area contributed by atoms with E-state index in [1.807, 2.05) is 0 Å². The van der Waals surface area contributed by atoms with Gasteiger partial charge in [-0.15, -0.1) is 0 Å². The highest BCUT2D eigenvalue weighted by atomic mass is 32.2. The van der Waals surface area contributed by atoms with E-state index in [4.69, 9.17) is 16.0 Å². The number of nitrogens with zero attached hydrogens (tertiary/aromatic N) is 1. The summed E-state index contributed by atoms with van der Waals surface area (Å²) in [5.74, 6) is -1.21. The van der Waals surface area contributed by atoms with Gasteiger partial charge >= 0.3 is 5.97 Å². The Morgan fingerprint density at radius 3 is 2.31 bits per heavy atom. The van der Waals surface area contributed by atoms with Crippen LogP contribution < -0.4 is 10.9 Å². The zero-order chi connectivity index (χ0) is 10.3. The van der Waals surface area contributed by atoms with Crippen LogP contribution in [0.3, 0.4) is 0 Å². The van der Waals surface area contributed by atoms with Crippen molar-refractivity contribution in [2.24, 2.45) is 10.9 Å². The summed E-state index contributed by atoms with van der Waals surface area (Å²) in [5, 5.41) is 13.5. The number of aliphatic carboxylic acids is 1. The number of carboxylic acid groups (broad SMARTS) is 1. The number of nitrogens with two attached hydrogens (primary N) is 2. The molecule has 76 valence electrons. The number of rotatable bonds is 2. The number of hydrogen-bond donors (Lipinski definition) is 3. The molecular weight excluding hydrogens is 198 g/mol. The normalized spacial score (nSPS) is 30.6. The summed E-state index contributed by atoms with van der Waals surface area (Å²) in [4.78, 5) is 10.6. The zero-order valence-electron chi connectivity index (χ0n) is 6.80. The lowest BCUT2D eigenvalue weighted by atomic mass is 10.0. The molecule has 0 radical (unpaired) electrons. The summed E-state index contributed by atoms with van der Waals surface area (Å²) in [6, 6.07) is 0. The largest absolute Gasteiger partial charge is 0.480 e.